The maximum absolute atomic E-state index is 13.2. The Morgan fingerprint density at radius 2 is 2.19 bits per heavy atom. The van der Waals surface area contributed by atoms with Crippen LogP contribution in [0, 0.1) is 6.92 Å². The molecule has 0 radical (unpaired) electrons. The van der Waals surface area contributed by atoms with E-state index in [1.54, 1.807) is 18.2 Å². The largest absolute Gasteiger partial charge is 0.469 e. The molecule has 1 aromatic heterocycles. The van der Waals surface area contributed by atoms with Crippen LogP contribution >= 0.6 is 0 Å². The van der Waals surface area contributed by atoms with E-state index in [4.69, 9.17) is 10.5 Å². The number of nitrogens with zero attached hydrogens (tertiary/aromatic N) is 2. The van der Waals surface area contributed by atoms with Gasteiger partial charge >= 0.3 is 0 Å². The van der Waals surface area contributed by atoms with Crippen LogP contribution in [-0.4, -0.2) is 38.5 Å². The number of aryl methyl sites for hydroxylation is 1. The maximum Gasteiger partial charge on any atom is 0.264 e. The number of ether oxygens (including phenoxy) is 1. The molecule has 0 saturated heterocycles. The quantitative estimate of drug-likeness (QED) is 0.825. The van der Waals surface area contributed by atoms with Crippen LogP contribution in [0.4, 0.5) is 11.4 Å². The predicted octanol–water partition coefficient (Wildman–Crippen LogP) is 1.06. The molecular formula is C17H20N4O4S. The molecule has 8 nitrogen and oxygen atoms in total. The van der Waals surface area contributed by atoms with Crippen molar-refractivity contribution in [3.8, 4) is 5.88 Å². The molecule has 0 saturated carbocycles. The topological polar surface area (TPSA) is 115 Å². The third-order valence-electron chi connectivity index (χ3n) is 3.93. The van der Waals surface area contributed by atoms with Gasteiger partial charge in [-0.2, -0.15) is 0 Å². The minimum absolute atomic E-state index is 0.0364. The summed E-state index contributed by atoms with van der Waals surface area (Å²) in [5.41, 5.74) is 7.23. The van der Waals surface area contributed by atoms with Gasteiger partial charge in [-0.3, -0.25) is 9.10 Å². The van der Waals surface area contributed by atoms with Crippen molar-refractivity contribution in [1.82, 2.24) is 10.3 Å². The van der Waals surface area contributed by atoms with Crippen molar-refractivity contribution in [2.45, 2.75) is 24.8 Å². The van der Waals surface area contributed by atoms with Crippen molar-refractivity contribution in [1.29, 1.82) is 0 Å². The van der Waals surface area contributed by atoms with Crippen molar-refractivity contribution in [3.63, 3.8) is 0 Å². The van der Waals surface area contributed by atoms with Crippen molar-refractivity contribution in [3.05, 3.63) is 42.1 Å². The number of nitrogens with two attached hydrogens (primary N) is 1. The lowest BCUT2D eigenvalue weighted by molar-refractivity contribution is -0.119. The van der Waals surface area contributed by atoms with E-state index in [2.05, 4.69) is 10.3 Å². The summed E-state index contributed by atoms with van der Waals surface area (Å²) in [5, 5.41) is 2.64. The minimum atomic E-state index is -3.84. The molecule has 0 spiro atoms. The van der Waals surface area contributed by atoms with E-state index in [-0.39, 0.29) is 35.5 Å². The molecule has 138 valence electrons. The zero-order chi connectivity index (χ0) is 18.9. The first-order valence-corrected chi connectivity index (χ1v) is 9.47. The average Bonchev–Trinajstić information content (AvgIpc) is 2.59. The molecular weight excluding hydrogens is 356 g/mol. The highest BCUT2D eigenvalue weighted by molar-refractivity contribution is 7.92. The molecule has 1 amide bonds. The molecule has 2 heterocycles. The molecule has 1 aromatic carbocycles. The van der Waals surface area contributed by atoms with Crippen molar-refractivity contribution in [2.24, 2.45) is 0 Å². The number of nitrogens with one attached hydrogen (secondary N) is 1. The first-order valence-electron chi connectivity index (χ1n) is 8.03. The van der Waals surface area contributed by atoms with E-state index in [9.17, 15) is 13.2 Å². The summed E-state index contributed by atoms with van der Waals surface area (Å²) in [6.07, 6.45) is 0.832. The maximum atomic E-state index is 13.2. The number of rotatable bonds is 4. The number of nitrogen functional groups attached to an aromatic ring is 1. The standard InChI is InChI=1S/C17H20N4O4S/c1-11-4-3-5-15(6-11)26(23,24)21-10-14(9-19-12(2)22)25-17-16(21)7-13(18)8-20-17/h3-8,14H,9-10,18H2,1-2H3,(H,19,22)/t14-/m0/s1. The van der Waals surface area contributed by atoms with Crippen LogP contribution < -0.4 is 20.1 Å². The second-order valence-corrected chi connectivity index (χ2v) is 7.98. The number of carbonyl (C=O) groups excluding carboxylic acids is 1. The van der Waals surface area contributed by atoms with Gasteiger partial charge in [0.1, 0.15) is 11.8 Å². The summed E-state index contributed by atoms with van der Waals surface area (Å²) in [5.74, 6) is -0.0604. The Morgan fingerprint density at radius 1 is 1.42 bits per heavy atom. The number of carbonyl (C=O) groups is 1. The summed E-state index contributed by atoms with van der Waals surface area (Å²) < 4.78 is 33.4. The van der Waals surface area contributed by atoms with Gasteiger partial charge in [0.2, 0.25) is 11.8 Å². The van der Waals surface area contributed by atoms with Crippen LogP contribution in [0.5, 0.6) is 5.88 Å². The zero-order valence-electron chi connectivity index (χ0n) is 14.5. The van der Waals surface area contributed by atoms with Crippen LogP contribution in [0.2, 0.25) is 0 Å². The fourth-order valence-corrected chi connectivity index (χ4v) is 4.29. The van der Waals surface area contributed by atoms with Crippen molar-refractivity contribution in [2.75, 3.05) is 23.1 Å². The summed E-state index contributed by atoms with van der Waals surface area (Å²) >= 11 is 0. The second kappa shape index (κ2) is 6.83. The molecule has 2 aromatic rings. The van der Waals surface area contributed by atoms with Gasteiger partial charge in [0, 0.05) is 6.92 Å². The third-order valence-corrected chi connectivity index (χ3v) is 5.70. The lowest BCUT2D eigenvalue weighted by Crippen LogP contribution is -2.48. The van der Waals surface area contributed by atoms with Crippen LogP contribution in [0.1, 0.15) is 12.5 Å². The monoisotopic (exact) mass is 376 g/mol. The number of pyridine rings is 1. The fourth-order valence-electron chi connectivity index (χ4n) is 2.70. The molecule has 3 N–H and O–H groups in total. The van der Waals surface area contributed by atoms with Crippen LogP contribution in [-0.2, 0) is 14.8 Å². The summed E-state index contributed by atoms with van der Waals surface area (Å²) in [6, 6.07) is 8.18. The molecule has 0 aliphatic carbocycles. The molecule has 0 bridgehead atoms. The smallest absolute Gasteiger partial charge is 0.264 e. The number of hydrogen-bond donors (Lipinski definition) is 2. The molecule has 1 atom stereocenters. The molecule has 0 fully saturated rings. The molecule has 1 aliphatic rings. The Hall–Kier alpha value is -2.81. The molecule has 3 rings (SSSR count). The van der Waals surface area contributed by atoms with E-state index in [1.807, 2.05) is 13.0 Å². The Morgan fingerprint density at radius 3 is 2.88 bits per heavy atom. The summed E-state index contributed by atoms with van der Waals surface area (Å²) in [4.78, 5) is 15.5. The SMILES string of the molecule is CC(=O)NC[C@H]1CN(S(=O)(=O)c2cccc(C)c2)c2cc(N)cnc2O1. The zero-order valence-corrected chi connectivity index (χ0v) is 15.3. The molecule has 1 aliphatic heterocycles. The highest BCUT2D eigenvalue weighted by atomic mass is 32.2. The van der Waals surface area contributed by atoms with Gasteiger partial charge in [0.05, 0.1) is 29.9 Å². The van der Waals surface area contributed by atoms with Crippen LogP contribution in [0.3, 0.4) is 0 Å². The molecule has 9 heteroatoms. The first-order chi connectivity index (χ1) is 12.3. The number of fused-ring (bicyclic) bond motifs is 1. The lowest BCUT2D eigenvalue weighted by atomic mass is 10.2. The second-order valence-electron chi connectivity index (χ2n) is 6.12. The van der Waals surface area contributed by atoms with E-state index in [1.165, 1.54) is 23.5 Å². The molecule has 0 unspecified atom stereocenters. The van der Waals surface area contributed by atoms with Gasteiger partial charge in [-0.05, 0) is 30.7 Å². The first kappa shape index (κ1) is 18.0. The van der Waals surface area contributed by atoms with E-state index < -0.39 is 16.1 Å². The number of sulfonamides is 1. The summed E-state index contributed by atoms with van der Waals surface area (Å²) in [7, 11) is -3.84. The number of aromatic nitrogens is 1. The van der Waals surface area contributed by atoms with Gasteiger partial charge in [0.15, 0.2) is 0 Å². The van der Waals surface area contributed by atoms with Gasteiger partial charge in [-0.1, -0.05) is 12.1 Å². The van der Waals surface area contributed by atoms with Crippen molar-refractivity contribution < 1.29 is 17.9 Å². The number of amides is 1. The van der Waals surface area contributed by atoms with E-state index in [0.29, 0.717) is 5.69 Å². The Labute approximate surface area is 152 Å². The lowest BCUT2D eigenvalue weighted by Gasteiger charge is -2.34. The van der Waals surface area contributed by atoms with E-state index in [0.717, 1.165) is 5.56 Å². The molecule has 26 heavy (non-hydrogen) atoms. The van der Waals surface area contributed by atoms with E-state index >= 15 is 0 Å². The minimum Gasteiger partial charge on any atom is -0.469 e. The van der Waals surface area contributed by atoms with Crippen LogP contribution in [0.15, 0.2) is 41.4 Å². The number of anilines is 2. The predicted molar refractivity (Wildman–Crippen MR) is 97.5 cm³/mol. The highest BCUT2D eigenvalue weighted by Crippen LogP contribution is 2.36. The van der Waals surface area contributed by atoms with Gasteiger partial charge in [-0.15, -0.1) is 0 Å². The fraction of sp³-hybridized carbons (Fsp3) is 0.294. The highest BCUT2D eigenvalue weighted by Gasteiger charge is 2.35. The van der Waals surface area contributed by atoms with Gasteiger partial charge < -0.3 is 15.8 Å². The Kier molecular flexibility index (Phi) is 4.73. The van der Waals surface area contributed by atoms with Gasteiger partial charge in [-0.25, -0.2) is 13.4 Å². The Bertz CT molecular complexity index is 946. The Balaban J connectivity index is 2.03. The normalized spacial score (nSPS) is 16.5. The summed E-state index contributed by atoms with van der Waals surface area (Å²) in [6.45, 7) is 3.41. The third kappa shape index (κ3) is 3.57. The van der Waals surface area contributed by atoms with Gasteiger partial charge in [0.25, 0.3) is 10.0 Å². The number of hydrogen-bond acceptors (Lipinski definition) is 6. The van der Waals surface area contributed by atoms with Crippen molar-refractivity contribution >= 4 is 27.3 Å². The number of benzene rings is 1. The average molecular weight is 376 g/mol. The van der Waals surface area contributed by atoms with Crippen LogP contribution in [0.25, 0.3) is 0 Å².